The van der Waals surface area contributed by atoms with Gasteiger partial charge in [-0.25, -0.2) is 0 Å². The number of hydrogen-bond donors (Lipinski definition) is 1. The van der Waals surface area contributed by atoms with Gasteiger partial charge in [0, 0.05) is 25.7 Å². The molecule has 0 aliphatic rings. The van der Waals surface area contributed by atoms with Crippen LogP contribution in [0.2, 0.25) is 5.02 Å². The first kappa shape index (κ1) is 13.9. The third kappa shape index (κ3) is 2.35. The number of hydrogen-bond acceptors (Lipinski definition) is 1. The van der Waals surface area contributed by atoms with Crippen molar-refractivity contribution in [3.63, 3.8) is 0 Å². The molecule has 2 rings (SSSR count). The molecule has 19 heavy (non-hydrogen) atoms. The van der Waals surface area contributed by atoms with Crippen molar-refractivity contribution in [3.05, 3.63) is 34.5 Å². The first-order chi connectivity index (χ1) is 8.75. The largest absolute Gasteiger partial charge is 0.355 e. The average Bonchev–Trinajstić information content (AvgIpc) is 2.65. The van der Waals surface area contributed by atoms with Gasteiger partial charge in [0.05, 0.1) is 16.1 Å². The van der Waals surface area contributed by atoms with Gasteiger partial charge in [-0.15, -0.1) is 0 Å². The first-order valence-electron chi connectivity index (χ1n) is 6.27. The molecule has 1 heterocycles. The van der Waals surface area contributed by atoms with E-state index in [0.717, 1.165) is 16.5 Å². The number of carbonyl (C=O) groups is 1. The summed E-state index contributed by atoms with van der Waals surface area (Å²) in [6, 6.07) is 4.04. The van der Waals surface area contributed by atoms with Crippen LogP contribution in [0.15, 0.2) is 18.3 Å². The van der Waals surface area contributed by atoms with Crippen molar-refractivity contribution >= 4 is 28.4 Å². The van der Waals surface area contributed by atoms with Gasteiger partial charge in [0.1, 0.15) is 0 Å². The van der Waals surface area contributed by atoms with E-state index < -0.39 is 0 Å². The number of nitrogens with zero attached hydrogens (tertiary/aromatic N) is 1. The van der Waals surface area contributed by atoms with Gasteiger partial charge in [0.15, 0.2) is 0 Å². The lowest BCUT2D eigenvalue weighted by Gasteiger charge is -2.20. The van der Waals surface area contributed by atoms with Crippen LogP contribution in [0, 0.1) is 0 Å². The fourth-order valence-corrected chi connectivity index (χ4v) is 2.59. The Morgan fingerprint density at radius 1 is 1.32 bits per heavy atom. The number of halogens is 1. The summed E-state index contributed by atoms with van der Waals surface area (Å²) in [4.78, 5) is 11.9. The van der Waals surface area contributed by atoms with Crippen LogP contribution in [0.3, 0.4) is 0 Å². The highest BCUT2D eigenvalue weighted by Gasteiger charge is 2.20. The van der Waals surface area contributed by atoms with Crippen molar-refractivity contribution in [1.29, 1.82) is 0 Å². The summed E-state index contributed by atoms with van der Waals surface area (Å²) in [5.74, 6) is -0.0901. The third-order valence-electron chi connectivity index (χ3n) is 3.37. The van der Waals surface area contributed by atoms with E-state index in [2.05, 4.69) is 32.2 Å². The maximum absolute atomic E-state index is 11.9. The van der Waals surface area contributed by atoms with E-state index in [1.165, 1.54) is 0 Å². The zero-order valence-corrected chi connectivity index (χ0v) is 12.7. The molecule has 0 spiro atoms. The summed E-state index contributed by atoms with van der Waals surface area (Å²) < 4.78 is 1.90. The van der Waals surface area contributed by atoms with Crippen molar-refractivity contribution < 1.29 is 4.79 Å². The second kappa shape index (κ2) is 4.57. The molecule has 0 bridgehead atoms. The Morgan fingerprint density at radius 3 is 2.47 bits per heavy atom. The van der Waals surface area contributed by atoms with E-state index in [1.807, 2.05) is 23.9 Å². The summed E-state index contributed by atoms with van der Waals surface area (Å²) in [5.41, 5.74) is 2.68. The number of aryl methyl sites for hydroxylation is 1. The van der Waals surface area contributed by atoms with Crippen molar-refractivity contribution in [2.24, 2.45) is 7.05 Å². The van der Waals surface area contributed by atoms with Crippen LogP contribution in [-0.2, 0) is 12.5 Å². The Balaban J connectivity index is 2.81. The minimum Gasteiger partial charge on any atom is -0.355 e. The fraction of sp³-hybridized carbons (Fsp3) is 0.400. The number of rotatable bonds is 1. The van der Waals surface area contributed by atoms with Crippen molar-refractivity contribution in [1.82, 2.24) is 9.88 Å². The number of benzene rings is 1. The average molecular weight is 279 g/mol. The van der Waals surface area contributed by atoms with Gasteiger partial charge < -0.3 is 9.88 Å². The molecule has 0 radical (unpaired) electrons. The fourth-order valence-electron chi connectivity index (χ4n) is 2.24. The standard InChI is InChI=1S/C15H19ClN2O/c1-15(2,3)9-6-10-11(14(19)17-4)8-18(5)13(10)12(16)7-9/h6-8H,1-5H3,(H,17,19). The Kier molecular flexibility index (Phi) is 3.35. The molecular formula is C15H19ClN2O. The normalized spacial score (nSPS) is 11.9. The molecule has 1 N–H and O–H groups in total. The molecule has 0 saturated heterocycles. The molecule has 102 valence electrons. The Labute approximate surface area is 118 Å². The molecule has 3 nitrogen and oxygen atoms in total. The smallest absolute Gasteiger partial charge is 0.253 e. The van der Waals surface area contributed by atoms with E-state index in [4.69, 9.17) is 11.6 Å². The Hall–Kier alpha value is -1.48. The topological polar surface area (TPSA) is 34.0 Å². The molecule has 2 aromatic rings. The molecule has 1 aromatic heterocycles. The maximum atomic E-state index is 11.9. The molecule has 0 unspecified atom stereocenters. The van der Waals surface area contributed by atoms with E-state index in [0.29, 0.717) is 10.6 Å². The summed E-state index contributed by atoms with van der Waals surface area (Å²) in [6.45, 7) is 6.40. The summed E-state index contributed by atoms with van der Waals surface area (Å²) in [6.07, 6.45) is 1.82. The molecule has 0 saturated carbocycles. The number of carbonyl (C=O) groups excluding carboxylic acids is 1. The third-order valence-corrected chi connectivity index (χ3v) is 3.65. The van der Waals surface area contributed by atoms with Crippen LogP contribution in [-0.4, -0.2) is 17.5 Å². The predicted molar refractivity (Wildman–Crippen MR) is 80.0 cm³/mol. The van der Waals surface area contributed by atoms with Gasteiger partial charge >= 0.3 is 0 Å². The summed E-state index contributed by atoms with van der Waals surface area (Å²) in [7, 11) is 3.54. The molecule has 0 aliphatic carbocycles. The number of amides is 1. The van der Waals surface area contributed by atoms with Crippen molar-refractivity contribution in [3.8, 4) is 0 Å². The zero-order valence-electron chi connectivity index (χ0n) is 12.0. The van der Waals surface area contributed by atoms with Gasteiger partial charge in [0.2, 0.25) is 0 Å². The molecule has 0 atom stereocenters. The Morgan fingerprint density at radius 2 is 1.95 bits per heavy atom. The molecular weight excluding hydrogens is 260 g/mol. The van der Waals surface area contributed by atoms with Gasteiger partial charge in [-0.2, -0.15) is 0 Å². The number of nitrogens with one attached hydrogen (secondary N) is 1. The van der Waals surface area contributed by atoms with Crippen LogP contribution in [0.4, 0.5) is 0 Å². The second-order valence-electron chi connectivity index (χ2n) is 5.84. The van der Waals surface area contributed by atoms with Crippen LogP contribution in [0.25, 0.3) is 10.9 Å². The highest BCUT2D eigenvalue weighted by molar-refractivity contribution is 6.35. The Bertz CT molecular complexity index is 650. The van der Waals surface area contributed by atoms with E-state index in [9.17, 15) is 4.79 Å². The zero-order chi connectivity index (χ0) is 14.4. The SMILES string of the molecule is CNC(=O)c1cn(C)c2c(Cl)cc(C(C)(C)C)cc12. The second-order valence-corrected chi connectivity index (χ2v) is 6.24. The van der Waals surface area contributed by atoms with Gasteiger partial charge in [0.25, 0.3) is 5.91 Å². The quantitative estimate of drug-likeness (QED) is 0.851. The monoisotopic (exact) mass is 278 g/mol. The van der Waals surface area contributed by atoms with E-state index >= 15 is 0 Å². The summed E-state index contributed by atoms with van der Waals surface area (Å²) in [5, 5.41) is 4.25. The van der Waals surface area contributed by atoms with Crippen LogP contribution < -0.4 is 5.32 Å². The molecule has 1 aromatic carbocycles. The van der Waals surface area contributed by atoms with Crippen molar-refractivity contribution in [2.75, 3.05) is 7.05 Å². The highest BCUT2D eigenvalue weighted by atomic mass is 35.5. The van der Waals surface area contributed by atoms with Gasteiger partial charge in [-0.05, 0) is 23.1 Å². The van der Waals surface area contributed by atoms with Gasteiger partial charge in [-0.3, -0.25) is 4.79 Å². The van der Waals surface area contributed by atoms with Crippen molar-refractivity contribution in [2.45, 2.75) is 26.2 Å². The lowest BCUT2D eigenvalue weighted by Crippen LogP contribution is -2.17. The number of aromatic nitrogens is 1. The van der Waals surface area contributed by atoms with Gasteiger partial charge in [-0.1, -0.05) is 32.4 Å². The molecule has 0 fully saturated rings. The minimum atomic E-state index is -0.0901. The van der Waals surface area contributed by atoms with Crippen LogP contribution in [0.1, 0.15) is 36.7 Å². The first-order valence-corrected chi connectivity index (χ1v) is 6.64. The predicted octanol–water partition coefficient (Wildman–Crippen LogP) is 3.49. The van der Waals surface area contributed by atoms with Crippen LogP contribution in [0.5, 0.6) is 0 Å². The van der Waals surface area contributed by atoms with Crippen LogP contribution >= 0.6 is 11.6 Å². The molecule has 0 aliphatic heterocycles. The lowest BCUT2D eigenvalue weighted by molar-refractivity contribution is 0.0964. The number of fused-ring (bicyclic) bond motifs is 1. The summed E-state index contributed by atoms with van der Waals surface area (Å²) >= 11 is 6.38. The minimum absolute atomic E-state index is 0.00632. The highest BCUT2D eigenvalue weighted by Crippen LogP contribution is 2.33. The molecule has 4 heteroatoms. The van der Waals surface area contributed by atoms with E-state index in [-0.39, 0.29) is 11.3 Å². The lowest BCUT2D eigenvalue weighted by atomic mass is 9.86. The molecule has 1 amide bonds. The van der Waals surface area contributed by atoms with E-state index in [1.54, 1.807) is 7.05 Å². The maximum Gasteiger partial charge on any atom is 0.253 e.